The SMILES string of the molecule is CC(C)C(C)NC(=O)c1cnccc1Cl. The summed E-state index contributed by atoms with van der Waals surface area (Å²) in [6, 6.07) is 1.73. The molecule has 0 saturated carbocycles. The molecule has 1 aromatic rings. The summed E-state index contributed by atoms with van der Waals surface area (Å²) in [5.41, 5.74) is 0.423. The van der Waals surface area contributed by atoms with Crippen LogP contribution in [0.15, 0.2) is 18.5 Å². The van der Waals surface area contributed by atoms with Gasteiger partial charge in [-0.1, -0.05) is 25.4 Å². The highest BCUT2D eigenvalue weighted by molar-refractivity contribution is 6.33. The lowest BCUT2D eigenvalue weighted by molar-refractivity contribution is 0.0930. The first kappa shape index (κ1) is 12.0. The standard InChI is InChI=1S/C11H15ClN2O/c1-7(2)8(3)14-11(15)9-6-13-5-4-10(9)12/h4-8H,1-3H3,(H,14,15). The van der Waals surface area contributed by atoms with E-state index in [-0.39, 0.29) is 11.9 Å². The van der Waals surface area contributed by atoms with Crippen molar-refractivity contribution < 1.29 is 4.79 Å². The predicted octanol–water partition coefficient (Wildman–Crippen LogP) is 2.51. The number of nitrogens with zero attached hydrogens (tertiary/aromatic N) is 1. The first-order valence-corrected chi connectivity index (χ1v) is 5.30. The number of nitrogens with one attached hydrogen (secondary N) is 1. The molecular weight excluding hydrogens is 212 g/mol. The number of carbonyl (C=O) groups is 1. The fraction of sp³-hybridized carbons (Fsp3) is 0.455. The Kier molecular flexibility index (Phi) is 4.09. The molecule has 1 amide bonds. The van der Waals surface area contributed by atoms with Gasteiger partial charge in [-0.3, -0.25) is 9.78 Å². The van der Waals surface area contributed by atoms with Crippen LogP contribution in [0.5, 0.6) is 0 Å². The van der Waals surface area contributed by atoms with E-state index in [2.05, 4.69) is 24.1 Å². The first-order chi connectivity index (χ1) is 7.02. The van der Waals surface area contributed by atoms with Crippen LogP contribution in [0.2, 0.25) is 5.02 Å². The minimum atomic E-state index is -0.172. The number of carbonyl (C=O) groups excluding carboxylic acids is 1. The molecule has 0 aliphatic carbocycles. The number of amides is 1. The molecule has 0 radical (unpaired) electrons. The zero-order valence-electron chi connectivity index (χ0n) is 9.12. The Hall–Kier alpha value is -1.09. The van der Waals surface area contributed by atoms with Crippen LogP contribution in [-0.2, 0) is 0 Å². The molecule has 1 atom stereocenters. The number of halogens is 1. The fourth-order valence-corrected chi connectivity index (χ4v) is 1.19. The molecule has 1 aromatic heterocycles. The van der Waals surface area contributed by atoms with Crippen LogP contribution in [0.1, 0.15) is 31.1 Å². The van der Waals surface area contributed by atoms with E-state index in [1.165, 1.54) is 6.20 Å². The molecule has 1 N–H and O–H groups in total. The third-order valence-corrected chi connectivity index (χ3v) is 2.70. The van der Waals surface area contributed by atoms with Crippen molar-refractivity contribution in [3.63, 3.8) is 0 Å². The van der Waals surface area contributed by atoms with Crippen molar-refractivity contribution in [2.75, 3.05) is 0 Å². The van der Waals surface area contributed by atoms with Crippen LogP contribution in [0.3, 0.4) is 0 Å². The second-order valence-corrected chi connectivity index (χ2v) is 4.27. The minimum absolute atomic E-state index is 0.119. The Morgan fingerprint density at radius 2 is 2.13 bits per heavy atom. The number of rotatable bonds is 3. The van der Waals surface area contributed by atoms with E-state index in [1.54, 1.807) is 12.3 Å². The van der Waals surface area contributed by atoms with Crippen molar-refractivity contribution in [2.24, 2.45) is 5.92 Å². The van der Waals surface area contributed by atoms with Crippen LogP contribution in [0, 0.1) is 5.92 Å². The molecule has 0 spiro atoms. The third-order valence-electron chi connectivity index (χ3n) is 2.37. The molecule has 15 heavy (non-hydrogen) atoms. The molecule has 4 heteroatoms. The summed E-state index contributed by atoms with van der Waals surface area (Å²) in [7, 11) is 0. The van der Waals surface area contributed by atoms with Crippen LogP contribution in [0.25, 0.3) is 0 Å². The monoisotopic (exact) mass is 226 g/mol. The van der Waals surface area contributed by atoms with Gasteiger partial charge in [0, 0.05) is 18.4 Å². The van der Waals surface area contributed by atoms with Crippen LogP contribution < -0.4 is 5.32 Å². The van der Waals surface area contributed by atoms with Crippen LogP contribution in [0.4, 0.5) is 0 Å². The maximum Gasteiger partial charge on any atom is 0.254 e. The van der Waals surface area contributed by atoms with E-state index in [9.17, 15) is 4.79 Å². The summed E-state index contributed by atoms with van der Waals surface area (Å²) in [4.78, 5) is 15.6. The maximum absolute atomic E-state index is 11.7. The molecule has 0 bridgehead atoms. The van der Waals surface area contributed by atoms with Gasteiger partial charge in [-0.15, -0.1) is 0 Å². The fourth-order valence-electron chi connectivity index (χ4n) is 0.996. The van der Waals surface area contributed by atoms with Crippen molar-refractivity contribution in [2.45, 2.75) is 26.8 Å². The smallest absolute Gasteiger partial charge is 0.254 e. The van der Waals surface area contributed by atoms with Gasteiger partial charge >= 0.3 is 0 Å². The molecule has 82 valence electrons. The first-order valence-electron chi connectivity index (χ1n) is 4.92. The Balaban J connectivity index is 2.74. The number of pyridine rings is 1. The Morgan fingerprint density at radius 3 is 2.67 bits per heavy atom. The summed E-state index contributed by atoms with van der Waals surface area (Å²) in [5.74, 6) is 0.221. The molecule has 1 unspecified atom stereocenters. The molecule has 0 fully saturated rings. The van der Waals surface area contributed by atoms with E-state index in [0.29, 0.717) is 16.5 Å². The van der Waals surface area contributed by atoms with Gasteiger partial charge in [0.2, 0.25) is 0 Å². The van der Waals surface area contributed by atoms with Crippen molar-refractivity contribution >= 4 is 17.5 Å². The van der Waals surface area contributed by atoms with Crippen molar-refractivity contribution in [3.05, 3.63) is 29.0 Å². The summed E-state index contributed by atoms with van der Waals surface area (Å²) >= 11 is 5.88. The molecule has 1 rings (SSSR count). The van der Waals surface area contributed by atoms with Gasteiger partial charge in [0.1, 0.15) is 0 Å². The van der Waals surface area contributed by atoms with Gasteiger partial charge in [0.05, 0.1) is 10.6 Å². The Morgan fingerprint density at radius 1 is 1.47 bits per heavy atom. The second-order valence-electron chi connectivity index (χ2n) is 3.86. The Bertz CT molecular complexity index is 352. The predicted molar refractivity (Wildman–Crippen MR) is 61.0 cm³/mol. The van der Waals surface area contributed by atoms with Crippen molar-refractivity contribution in [1.29, 1.82) is 0 Å². The zero-order chi connectivity index (χ0) is 11.4. The highest BCUT2D eigenvalue weighted by atomic mass is 35.5. The summed E-state index contributed by atoms with van der Waals surface area (Å²) < 4.78 is 0. The third kappa shape index (κ3) is 3.20. The average molecular weight is 227 g/mol. The van der Waals surface area contributed by atoms with E-state index < -0.39 is 0 Å². The summed E-state index contributed by atoms with van der Waals surface area (Å²) in [5, 5.41) is 3.30. The number of hydrogen-bond donors (Lipinski definition) is 1. The van der Waals surface area contributed by atoms with Gasteiger partial charge in [-0.2, -0.15) is 0 Å². The van der Waals surface area contributed by atoms with Gasteiger partial charge in [0.25, 0.3) is 5.91 Å². The summed E-state index contributed by atoms with van der Waals surface area (Å²) in [6.45, 7) is 6.07. The topological polar surface area (TPSA) is 42.0 Å². The minimum Gasteiger partial charge on any atom is -0.349 e. The van der Waals surface area contributed by atoms with Gasteiger partial charge in [0.15, 0.2) is 0 Å². The lowest BCUT2D eigenvalue weighted by atomic mass is 10.1. The quantitative estimate of drug-likeness (QED) is 0.861. The molecule has 0 saturated heterocycles. The van der Waals surface area contributed by atoms with Crippen LogP contribution in [-0.4, -0.2) is 16.9 Å². The van der Waals surface area contributed by atoms with Gasteiger partial charge < -0.3 is 5.32 Å². The number of aromatic nitrogens is 1. The Labute approximate surface area is 94.9 Å². The van der Waals surface area contributed by atoms with Crippen LogP contribution >= 0.6 is 11.6 Å². The van der Waals surface area contributed by atoms with E-state index in [1.807, 2.05) is 6.92 Å². The largest absolute Gasteiger partial charge is 0.349 e. The molecule has 1 heterocycles. The average Bonchev–Trinajstić information content (AvgIpc) is 2.18. The lowest BCUT2D eigenvalue weighted by Gasteiger charge is -2.17. The molecule has 0 aliphatic heterocycles. The highest BCUT2D eigenvalue weighted by Crippen LogP contribution is 2.13. The lowest BCUT2D eigenvalue weighted by Crippen LogP contribution is -2.36. The van der Waals surface area contributed by atoms with Gasteiger partial charge in [-0.25, -0.2) is 0 Å². The normalized spacial score (nSPS) is 12.6. The van der Waals surface area contributed by atoms with E-state index in [0.717, 1.165) is 0 Å². The molecule has 0 aliphatic rings. The zero-order valence-corrected chi connectivity index (χ0v) is 9.88. The summed E-state index contributed by atoms with van der Waals surface area (Å²) in [6.07, 6.45) is 3.04. The second kappa shape index (κ2) is 5.12. The van der Waals surface area contributed by atoms with Crippen molar-refractivity contribution in [3.8, 4) is 0 Å². The highest BCUT2D eigenvalue weighted by Gasteiger charge is 2.14. The van der Waals surface area contributed by atoms with E-state index >= 15 is 0 Å². The van der Waals surface area contributed by atoms with E-state index in [4.69, 9.17) is 11.6 Å². The molecular formula is C11H15ClN2O. The van der Waals surface area contributed by atoms with Crippen molar-refractivity contribution in [1.82, 2.24) is 10.3 Å². The maximum atomic E-state index is 11.7. The molecule has 3 nitrogen and oxygen atoms in total. The van der Waals surface area contributed by atoms with Gasteiger partial charge in [-0.05, 0) is 18.9 Å². The molecule has 0 aromatic carbocycles. The number of hydrogen-bond acceptors (Lipinski definition) is 2.